The molecule has 0 N–H and O–H groups in total. The molecule has 4 nitrogen and oxygen atoms in total. The molecule has 51 heavy (non-hydrogen) atoms. The van der Waals surface area contributed by atoms with Gasteiger partial charge in [-0.15, -0.1) is 22.7 Å². The first-order valence-corrected chi connectivity index (χ1v) is 18.7. The number of benzene rings is 7. The summed E-state index contributed by atoms with van der Waals surface area (Å²) < 4.78 is 6.21. The Hall–Kier alpha value is -6.21. The van der Waals surface area contributed by atoms with Crippen LogP contribution in [-0.4, -0.2) is 19.4 Å². The fraction of sp³-hybridized carbons (Fsp3) is 0. The number of nitrogens with zero attached hydrogens (tertiary/aromatic N) is 4. The molecule has 5 heterocycles. The van der Waals surface area contributed by atoms with Crippen LogP contribution in [0.15, 0.2) is 146 Å². The van der Waals surface area contributed by atoms with E-state index in [1.165, 1.54) is 63.0 Å². The lowest BCUT2D eigenvalue weighted by Gasteiger charge is -2.10. The van der Waals surface area contributed by atoms with Gasteiger partial charge in [0.05, 0.1) is 38.0 Å². The molecule has 12 aromatic rings. The Bertz CT molecular complexity index is 3370. The first-order valence-electron chi connectivity index (χ1n) is 17.0. The highest BCUT2D eigenvalue weighted by Gasteiger charge is 2.23. The zero-order chi connectivity index (χ0) is 33.2. The van der Waals surface area contributed by atoms with Crippen molar-refractivity contribution in [3.05, 3.63) is 146 Å². The van der Waals surface area contributed by atoms with Crippen molar-refractivity contribution in [1.82, 2.24) is 19.4 Å². The van der Waals surface area contributed by atoms with E-state index in [1.54, 1.807) is 11.3 Å². The third-order valence-electron chi connectivity index (χ3n) is 10.4. The number of thiazole rings is 1. The quantitative estimate of drug-likeness (QED) is 0.186. The predicted molar refractivity (Wildman–Crippen MR) is 217 cm³/mol. The van der Waals surface area contributed by atoms with Gasteiger partial charge in [0.15, 0.2) is 5.82 Å². The minimum atomic E-state index is 0.725. The molecule has 0 aliphatic carbocycles. The summed E-state index contributed by atoms with van der Waals surface area (Å²) in [6, 6.07) is 51.9. The Labute approximate surface area is 298 Å². The van der Waals surface area contributed by atoms with E-state index in [1.807, 2.05) is 11.3 Å². The normalized spacial score (nSPS) is 12.3. The summed E-state index contributed by atoms with van der Waals surface area (Å²) in [5.41, 5.74) is 9.85. The van der Waals surface area contributed by atoms with Crippen molar-refractivity contribution in [2.45, 2.75) is 0 Å². The molecule has 0 aliphatic rings. The molecule has 0 fully saturated rings. The Balaban J connectivity index is 1.13. The molecule has 12 rings (SSSR count). The van der Waals surface area contributed by atoms with Gasteiger partial charge in [0.2, 0.25) is 0 Å². The fourth-order valence-corrected chi connectivity index (χ4v) is 10.5. The Morgan fingerprint density at radius 1 is 0.451 bits per heavy atom. The molecule has 0 unspecified atom stereocenters. The highest BCUT2D eigenvalue weighted by atomic mass is 32.1. The van der Waals surface area contributed by atoms with Crippen LogP contribution in [0.5, 0.6) is 0 Å². The highest BCUT2D eigenvalue weighted by molar-refractivity contribution is 7.26. The van der Waals surface area contributed by atoms with Gasteiger partial charge in [-0.25, -0.2) is 15.0 Å². The molecule has 236 valence electrons. The van der Waals surface area contributed by atoms with Crippen LogP contribution in [0.1, 0.15) is 0 Å². The number of hydrogen-bond acceptors (Lipinski definition) is 5. The lowest BCUT2D eigenvalue weighted by Crippen LogP contribution is -1.95. The number of rotatable bonds is 3. The van der Waals surface area contributed by atoms with Gasteiger partial charge >= 0.3 is 0 Å². The Morgan fingerprint density at radius 3 is 2.14 bits per heavy atom. The summed E-state index contributed by atoms with van der Waals surface area (Å²) in [7, 11) is 0. The molecule has 0 saturated carbocycles. The Kier molecular flexibility index (Phi) is 5.50. The van der Waals surface area contributed by atoms with E-state index in [2.05, 4.69) is 150 Å². The van der Waals surface area contributed by atoms with Crippen molar-refractivity contribution >= 4 is 102 Å². The van der Waals surface area contributed by atoms with E-state index in [4.69, 9.17) is 15.0 Å². The van der Waals surface area contributed by atoms with Crippen LogP contribution in [0.3, 0.4) is 0 Å². The minimum Gasteiger partial charge on any atom is -0.308 e. The van der Waals surface area contributed by atoms with Crippen molar-refractivity contribution in [2.24, 2.45) is 0 Å². The second kappa shape index (κ2) is 10.2. The average Bonchev–Trinajstić information content (AvgIpc) is 3.95. The summed E-state index contributed by atoms with van der Waals surface area (Å²) in [5, 5.41) is 9.56. The zero-order valence-corrected chi connectivity index (χ0v) is 28.6. The van der Waals surface area contributed by atoms with Crippen molar-refractivity contribution in [1.29, 1.82) is 0 Å². The molecule has 0 bridgehead atoms. The first-order chi connectivity index (χ1) is 25.3. The second-order valence-electron chi connectivity index (χ2n) is 13.2. The van der Waals surface area contributed by atoms with Gasteiger partial charge in [0, 0.05) is 63.8 Å². The van der Waals surface area contributed by atoms with Crippen molar-refractivity contribution in [2.75, 3.05) is 0 Å². The monoisotopic (exact) mass is 684 g/mol. The molecule has 0 spiro atoms. The molecule has 0 amide bonds. The van der Waals surface area contributed by atoms with Crippen LogP contribution in [0.2, 0.25) is 0 Å². The lowest BCUT2D eigenvalue weighted by molar-refractivity contribution is 1.23. The number of thiophene rings is 1. The molecule has 0 saturated heterocycles. The lowest BCUT2D eigenvalue weighted by atomic mass is 10.0. The van der Waals surface area contributed by atoms with E-state index in [0.29, 0.717) is 0 Å². The maximum Gasteiger partial charge on any atom is 0.160 e. The maximum atomic E-state index is 5.39. The van der Waals surface area contributed by atoms with Crippen LogP contribution in [0.4, 0.5) is 0 Å². The van der Waals surface area contributed by atoms with Gasteiger partial charge in [-0.2, -0.15) is 0 Å². The van der Waals surface area contributed by atoms with Crippen LogP contribution in [0.25, 0.3) is 113 Å². The zero-order valence-electron chi connectivity index (χ0n) is 27.0. The van der Waals surface area contributed by atoms with E-state index in [-0.39, 0.29) is 0 Å². The average molecular weight is 685 g/mol. The molecule has 7 aromatic carbocycles. The molecule has 0 radical (unpaired) electrons. The van der Waals surface area contributed by atoms with E-state index >= 15 is 0 Å². The highest BCUT2D eigenvalue weighted by Crippen LogP contribution is 2.47. The molecule has 5 aromatic heterocycles. The molecular formula is C45H24N4S2. The van der Waals surface area contributed by atoms with Crippen molar-refractivity contribution in [3.8, 4) is 33.2 Å². The summed E-state index contributed by atoms with van der Waals surface area (Å²) in [5.74, 6) is 0.725. The predicted octanol–water partition coefficient (Wildman–Crippen LogP) is 12.8. The molecule has 0 aliphatic heterocycles. The van der Waals surface area contributed by atoms with Gasteiger partial charge in [0.1, 0.15) is 5.01 Å². The van der Waals surface area contributed by atoms with Gasteiger partial charge < -0.3 is 4.40 Å². The maximum absolute atomic E-state index is 5.39. The summed E-state index contributed by atoms with van der Waals surface area (Å²) >= 11 is 3.62. The van der Waals surface area contributed by atoms with E-state index in [9.17, 15) is 0 Å². The van der Waals surface area contributed by atoms with E-state index in [0.717, 1.165) is 49.6 Å². The fourth-order valence-electron chi connectivity index (χ4n) is 8.13. The van der Waals surface area contributed by atoms with Gasteiger partial charge in [-0.05, 0) is 42.5 Å². The van der Waals surface area contributed by atoms with Crippen LogP contribution in [0, 0.1) is 0 Å². The summed E-state index contributed by atoms with van der Waals surface area (Å²) in [6.07, 6.45) is 0. The van der Waals surface area contributed by atoms with Crippen LogP contribution in [-0.2, 0) is 0 Å². The number of fused-ring (bicyclic) bond motifs is 12. The number of aromatic nitrogens is 4. The topological polar surface area (TPSA) is 43.1 Å². The van der Waals surface area contributed by atoms with Crippen LogP contribution >= 0.6 is 22.7 Å². The SMILES string of the molecule is c1ccc(-c2nc3cc4c5cc(-c6nc(-c7cccc8c7sc7ccccc78)c7ccccc7n6)ccc5n5c6ccccc6c(c3s2)c45)cc1. The smallest absolute Gasteiger partial charge is 0.160 e. The van der Waals surface area contributed by atoms with Gasteiger partial charge in [-0.1, -0.05) is 103 Å². The first kappa shape index (κ1) is 27.6. The molecule has 0 atom stereocenters. The summed E-state index contributed by atoms with van der Waals surface area (Å²) in [4.78, 5) is 15.8. The largest absolute Gasteiger partial charge is 0.308 e. The number of para-hydroxylation sites is 2. The molecular weight excluding hydrogens is 661 g/mol. The standard InChI is InChI=1S/C45H24N4S2/c1-2-11-25(12-3-1)45-47-35-24-33-32-23-26(21-22-37(32)49-36-19-8-5-15-30(36)39(41(33)49)43(35)51-45)44-46-34-18-7-4-14-29(34)40(48-44)31-17-10-16-28-27-13-6-9-20-38(27)50-42(28)31/h1-24H. The number of hydrogen-bond donors (Lipinski definition) is 0. The summed E-state index contributed by atoms with van der Waals surface area (Å²) in [6.45, 7) is 0. The van der Waals surface area contributed by atoms with Gasteiger partial charge in [0.25, 0.3) is 0 Å². The van der Waals surface area contributed by atoms with Crippen molar-refractivity contribution < 1.29 is 0 Å². The third kappa shape index (κ3) is 3.80. The van der Waals surface area contributed by atoms with E-state index < -0.39 is 0 Å². The third-order valence-corrected chi connectivity index (χ3v) is 12.7. The Morgan fingerprint density at radius 2 is 1.22 bits per heavy atom. The van der Waals surface area contributed by atoms with Crippen LogP contribution < -0.4 is 0 Å². The molecule has 6 heteroatoms. The minimum absolute atomic E-state index is 0.725. The van der Waals surface area contributed by atoms with Crippen molar-refractivity contribution in [3.63, 3.8) is 0 Å². The van der Waals surface area contributed by atoms with Gasteiger partial charge in [-0.3, -0.25) is 0 Å². The second-order valence-corrected chi connectivity index (χ2v) is 15.2.